The second-order valence-electron chi connectivity index (χ2n) is 4.46. The van der Waals surface area contributed by atoms with Crippen LogP contribution in [-0.4, -0.2) is 10.2 Å². The van der Waals surface area contributed by atoms with Gasteiger partial charge in [-0.2, -0.15) is 10.4 Å². The molecule has 0 aliphatic carbocycles. The largest absolute Gasteiger partial charge is 0.453 e. The Hall–Kier alpha value is -3.20. The van der Waals surface area contributed by atoms with Crippen molar-refractivity contribution in [1.82, 2.24) is 10.2 Å². The molecule has 1 N–H and O–H groups in total. The first-order chi connectivity index (χ1) is 10.7. The van der Waals surface area contributed by atoms with E-state index in [2.05, 4.69) is 10.2 Å². The standard InChI is InChI=1S/C16H9F2N3O/c17-12-3-1-10(2-4-12)16-15(9-20-21-16)22-13-5-6-14(18)11(7-13)8-19/h1-7,9H,(H,20,21). The van der Waals surface area contributed by atoms with Crippen LogP contribution >= 0.6 is 0 Å². The minimum absolute atomic E-state index is 0.107. The molecule has 1 aromatic heterocycles. The summed E-state index contributed by atoms with van der Waals surface area (Å²) in [5.41, 5.74) is 1.05. The Kier molecular flexibility index (Phi) is 3.54. The van der Waals surface area contributed by atoms with Crippen molar-refractivity contribution in [3.63, 3.8) is 0 Å². The zero-order valence-electron chi connectivity index (χ0n) is 11.2. The molecular weight excluding hydrogens is 288 g/mol. The molecule has 0 amide bonds. The molecule has 2 aromatic carbocycles. The fraction of sp³-hybridized carbons (Fsp3) is 0. The summed E-state index contributed by atoms with van der Waals surface area (Å²) in [5.74, 6) is -0.260. The molecule has 0 saturated carbocycles. The minimum atomic E-state index is -0.610. The maximum absolute atomic E-state index is 13.3. The van der Waals surface area contributed by atoms with E-state index in [1.54, 1.807) is 18.2 Å². The molecule has 0 fully saturated rings. The van der Waals surface area contributed by atoms with Gasteiger partial charge in [0.2, 0.25) is 0 Å². The maximum atomic E-state index is 13.3. The summed E-state index contributed by atoms with van der Waals surface area (Å²) < 4.78 is 31.9. The lowest BCUT2D eigenvalue weighted by molar-refractivity contribution is 0.482. The van der Waals surface area contributed by atoms with Crippen LogP contribution in [0.1, 0.15) is 5.56 Å². The average Bonchev–Trinajstić information content (AvgIpc) is 2.98. The van der Waals surface area contributed by atoms with Gasteiger partial charge in [-0.05, 0) is 36.4 Å². The Balaban J connectivity index is 1.93. The van der Waals surface area contributed by atoms with Crippen LogP contribution in [0.15, 0.2) is 48.7 Å². The smallest absolute Gasteiger partial charge is 0.173 e. The van der Waals surface area contributed by atoms with Crippen molar-refractivity contribution in [3.05, 3.63) is 65.9 Å². The first-order valence-corrected chi connectivity index (χ1v) is 6.34. The van der Waals surface area contributed by atoms with E-state index in [0.29, 0.717) is 22.8 Å². The molecule has 0 radical (unpaired) electrons. The zero-order chi connectivity index (χ0) is 15.5. The van der Waals surface area contributed by atoms with Gasteiger partial charge in [-0.3, -0.25) is 5.10 Å². The van der Waals surface area contributed by atoms with E-state index in [1.807, 2.05) is 0 Å². The Bertz CT molecular complexity index is 851. The highest BCUT2D eigenvalue weighted by atomic mass is 19.1. The highest BCUT2D eigenvalue weighted by Gasteiger charge is 2.12. The van der Waals surface area contributed by atoms with Crippen molar-refractivity contribution >= 4 is 0 Å². The van der Waals surface area contributed by atoms with Gasteiger partial charge in [0.05, 0.1) is 11.8 Å². The van der Waals surface area contributed by atoms with E-state index in [0.717, 1.165) is 6.07 Å². The number of benzene rings is 2. The number of hydrogen-bond donors (Lipinski definition) is 1. The molecule has 6 heteroatoms. The van der Waals surface area contributed by atoms with Crippen LogP contribution in [0.4, 0.5) is 8.78 Å². The van der Waals surface area contributed by atoms with Crippen molar-refractivity contribution in [1.29, 1.82) is 5.26 Å². The van der Waals surface area contributed by atoms with E-state index in [9.17, 15) is 8.78 Å². The number of hydrogen-bond acceptors (Lipinski definition) is 3. The lowest BCUT2D eigenvalue weighted by Crippen LogP contribution is -1.89. The number of H-pyrrole nitrogens is 1. The van der Waals surface area contributed by atoms with Gasteiger partial charge in [0.25, 0.3) is 0 Å². The van der Waals surface area contributed by atoms with Crippen molar-refractivity contribution < 1.29 is 13.5 Å². The number of ether oxygens (including phenoxy) is 1. The second-order valence-corrected chi connectivity index (χ2v) is 4.46. The van der Waals surface area contributed by atoms with Crippen molar-refractivity contribution in [2.24, 2.45) is 0 Å². The fourth-order valence-corrected chi connectivity index (χ4v) is 1.95. The molecule has 0 spiro atoms. The predicted molar refractivity (Wildman–Crippen MR) is 75.2 cm³/mol. The lowest BCUT2D eigenvalue weighted by Gasteiger charge is -2.06. The van der Waals surface area contributed by atoms with E-state index < -0.39 is 5.82 Å². The number of aromatic amines is 1. The predicted octanol–water partition coefficient (Wildman–Crippen LogP) is 4.02. The van der Waals surface area contributed by atoms with Crippen LogP contribution in [-0.2, 0) is 0 Å². The van der Waals surface area contributed by atoms with Gasteiger partial charge in [0.15, 0.2) is 5.75 Å². The summed E-state index contributed by atoms with van der Waals surface area (Å²) in [6.07, 6.45) is 1.52. The third-order valence-corrected chi connectivity index (χ3v) is 3.01. The Morgan fingerprint density at radius 1 is 1.09 bits per heavy atom. The number of halogens is 2. The summed E-state index contributed by atoms with van der Waals surface area (Å²) in [6, 6.07) is 11.4. The van der Waals surface area contributed by atoms with Gasteiger partial charge < -0.3 is 4.74 Å². The SMILES string of the molecule is N#Cc1cc(Oc2c[nH]nc2-c2ccc(F)cc2)ccc1F. The molecule has 0 aliphatic rings. The molecule has 22 heavy (non-hydrogen) atoms. The van der Waals surface area contributed by atoms with Gasteiger partial charge in [-0.1, -0.05) is 0 Å². The van der Waals surface area contributed by atoms with Gasteiger partial charge in [-0.15, -0.1) is 0 Å². The van der Waals surface area contributed by atoms with Gasteiger partial charge in [0.1, 0.15) is 29.1 Å². The molecule has 0 atom stereocenters. The number of nitriles is 1. The molecule has 4 nitrogen and oxygen atoms in total. The molecule has 108 valence electrons. The number of aromatic nitrogens is 2. The monoisotopic (exact) mass is 297 g/mol. The van der Waals surface area contributed by atoms with Crippen LogP contribution < -0.4 is 4.74 Å². The average molecular weight is 297 g/mol. The molecule has 3 rings (SSSR count). The first kappa shape index (κ1) is 13.8. The molecular formula is C16H9F2N3O. The summed E-state index contributed by atoms with van der Waals surface area (Å²) in [4.78, 5) is 0. The Morgan fingerprint density at radius 2 is 1.86 bits per heavy atom. The van der Waals surface area contributed by atoms with Crippen LogP contribution in [0, 0.1) is 23.0 Å². The van der Waals surface area contributed by atoms with Crippen LogP contribution in [0.2, 0.25) is 0 Å². The molecule has 3 aromatic rings. The first-order valence-electron chi connectivity index (χ1n) is 6.34. The molecule has 0 unspecified atom stereocenters. The van der Waals surface area contributed by atoms with Crippen molar-refractivity contribution in [2.45, 2.75) is 0 Å². The molecule has 0 aliphatic heterocycles. The molecule has 1 heterocycles. The van der Waals surface area contributed by atoms with Gasteiger partial charge in [-0.25, -0.2) is 8.78 Å². The second kappa shape index (κ2) is 5.66. The van der Waals surface area contributed by atoms with E-state index >= 15 is 0 Å². The maximum Gasteiger partial charge on any atom is 0.173 e. The highest BCUT2D eigenvalue weighted by molar-refractivity contribution is 5.66. The van der Waals surface area contributed by atoms with Crippen LogP contribution in [0.25, 0.3) is 11.3 Å². The molecule has 0 saturated heterocycles. The van der Waals surface area contributed by atoms with Crippen molar-refractivity contribution in [3.8, 4) is 28.8 Å². The quantitative estimate of drug-likeness (QED) is 0.794. The zero-order valence-corrected chi connectivity index (χ0v) is 11.2. The fourth-order valence-electron chi connectivity index (χ4n) is 1.95. The topological polar surface area (TPSA) is 61.7 Å². The number of nitrogens with zero attached hydrogens (tertiary/aromatic N) is 2. The van der Waals surface area contributed by atoms with Crippen molar-refractivity contribution in [2.75, 3.05) is 0 Å². The van der Waals surface area contributed by atoms with E-state index in [-0.39, 0.29) is 11.4 Å². The van der Waals surface area contributed by atoms with Crippen LogP contribution in [0.5, 0.6) is 11.5 Å². The van der Waals surface area contributed by atoms with Gasteiger partial charge in [0, 0.05) is 11.6 Å². The number of rotatable bonds is 3. The summed E-state index contributed by atoms with van der Waals surface area (Å²) in [5, 5.41) is 15.6. The number of nitrogens with one attached hydrogen (secondary N) is 1. The summed E-state index contributed by atoms with van der Waals surface area (Å²) >= 11 is 0. The highest BCUT2D eigenvalue weighted by Crippen LogP contribution is 2.31. The Morgan fingerprint density at radius 3 is 2.59 bits per heavy atom. The molecule has 0 bridgehead atoms. The Labute approximate surface area is 124 Å². The minimum Gasteiger partial charge on any atom is -0.453 e. The van der Waals surface area contributed by atoms with Gasteiger partial charge >= 0.3 is 0 Å². The third-order valence-electron chi connectivity index (χ3n) is 3.01. The van der Waals surface area contributed by atoms with E-state index in [1.165, 1.54) is 30.5 Å². The normalized spacial score (nSPS) is 10.2. The summed E-state index contributed by atoms with van der Waals surface area (Å²) in [7, 11) is 0. The summed E-state index contributed by atoms with van der Waals surface area (Å²) in [6.45, 7) is 0. The van der Waals surface area contributed by atoms with Crippen LogP contribution in [0.3, 0.4) is 0 Å². The van der Waals surface area contributed by atoms with E-state index in [4.69, 9.17) is 10.00 Å². The lowest BCUT2D eigenvalue weighted by atomic mass is 10.1. The third kappa shape index (κ3) is 2.65.